The summed E-state index contributed by atoms with van der Waals surface area (Å²) in [5.74, 6) is -0.0944. The lowest BCUT2D eigenvalue weighted by Crippen LogP contribution is -2.36. The van der Waals surface area contributed by atoms with Gasteiger partial charge >= 0.3 is 0 Å². The molecule has 3 saturated heterocycles. The minimum atomic E-state index is -4.05. The molecule has 0 radical (unpaired) electrons. The number of ether oxygens (including phenoxy) is 2. The molecular weight excluding hydrogens is 640 g/mol. The first-order chi connectivity index (χ1) is 21.3. The molecule has 0 aromatic carbocycles. The first-order valence-electron chi connectivity index (χ1n) is 13.5. The second kappa shape index (κ2) is 10.9. The highest BCUT2D eigenvalue weighted by molar-refractivity contribution is 7.79. The van der Waals surface area contributed by atoms with Crippen molar-refractivity contribution in [1.82, 2.24) is 39.0 Å². The summed E-state index contributed by atoms with van der Waals surface area (Å²) >= 11 is 0. The molecule has 7 N–H and O–H groups in total. The van der Waals surface area contributed by atoms with Crippen molar-refractivity contribution in [2.45, 2.75) is 49.1 Å². The van der Waals surface area contributed by atoms with Crippen LogP contribution in [0.2, 0.25) is 0 Å². The van der Waals surface area contributed by atoms with Crippen molar-refractivity contribution in [3.63, 3.8) is 0 Å². The number of aromatic amines is 1. The van der Waals surface area contributed by atoms with Crippen molar-refractivity contribution >= 4 is 64.2 Å². The zero-order chi connectivity index (χ0) is 31.8. The van der Waals surface area contributed by atoms with Crippen molar-refractivity contribution in [2.75, 3.05) is 24.7 Å². The summed E-state index contributed by atoms with van der Waals surface area (Å²) < 4.78 is 64.9. The number of imidazole rings is 2. The molecule has 4 aromatic rings. The number of anilines is 2. The Morgan fingerprint density at radius 1 is 0.844 bits per heavy atom. The van der Waals surface area contributed by atoms with Gasteiger partial charge < -0.3 is 49.2 Å². The predicted molar refractivity (Wildman–Crippen MR) is 156 cm³/mol. The smallest absolute Gasteiger partial charge is 0.280 e. The number of aromatic nitrogens is 8. The third-order valence-corrected chi connectivity index (χ3v) is 10.1. The van der Waals surface area contributed by atoms with E-state index in [4.69, 9.17) is 39.0 Å². The van der Waals surface area contributed by atoms with Crippen molar-refractivity contribution in [2.24, 2.45) is 0 Å². The van der Waals surface area contributed by atoms with Crippen molar-refractivity contribution in [3.8, 4) is 0 Å². The van der Waals surface area contributed by atoms with Gasteiger partial charge in [-0.15, -0.1) is 0 Å². The number of hydrogen-bond acceptors (Lipinski definition) is 18. The van der Waals surface area contributed by atoms with Crippen LogP contribution >= 0.6 is 14.9 Å². The van der Waals surface area contributed by atoms with E-state index in [0.717, 1.165) is 0 Å². The van der Waals surface area contributed by atoms with Crippen LogP contribution in [-0.4, -0.2) is 114 Å². The number of aliphatic hydroxyl groups excluding tert-OH is 2. The minimum absolute atomic E-state index is 0.00219. The van der Waals surface area contributed by atoms with Crippen LogP contribution in [0.4, 0.5) is 11.8 Å². The molecule has 7 rings (SSSR count). The van der Waals surface area contributed by atoms with Gasteiger partial charge in [0.15, 0.2) is 35.1 Å². The third-order valence-electron chi connectivity index (χ3n) is 7.58. The molecule has 0 amide bonds. The largest absolute Gasteiger partial charge is 0.387 e. The van der Waals surface area contributed by atoms with Gasteiger partial charge in [0.25, 0.3) is 35.6 Å². The van der Waals surface area contributed by atoms with Crippen molar-refractivity contribution in [3.05, 3.63) is 29.3 Å². The van der Waals surface area contributed by atoms with E-state index in [2.05, 4.69) is 29.9 Å². The molecule has 0 saturated carbocycles. The lowest BCUT2D eigenvalue weighted by molar-refractivity contribution is -0.0578. The number of nitrogens with zero attached hydrogens (tertiary/aromatic N) is 7. The number of fused-ring (bicyclic) bond motifs is 5. The molecular formula is C20H26B2N10O11P2. The summed E-state index contributed by atoms with van der Waals surface area (Å²) in [4.78, 5) is 35.1. The quantitative estimate of drug-likeness (QED) is 0.105. The van der Waals surface area contributed by atoms with E-state index < -0.39 is 82.8 Å². The van der Waals surface area contributed by atoms with E-state index in [9.17, 15) is 24.1 Å². The van der Waals surface area contributed by atoms with Crippen LogP contribution in [0, 0.1) is 0 Å². The topological polar surface area (TPSA) is 289 Å². The van der Waals surface area contributed by atoms with E-state index in [1.165, 1.54) is 43.2 Å². The number of aliphatic hydroxyl groups is 2. The summed E-state index contributed by atoms with van der Waals surface area (Å²) in [5, 5.41) is 22.5. The summed E-state index contributed by atoms with van der Waals surface area (Å²) in [6.07, 6.45) is -6.66. The van der Waals surface area contributed by atoms with Crippen LogP contribution in [0.5, 0.6) is 0 Å². The number of H-pyrrole nitrogens is 1. The molecule has 0 spiro atoms. The molecule has 4 aromatic heterocycles. The van der Waals surface area contributed by atoms with Gasteiger partial charge in [-0.2, -0.15) is 4.98 Å². The monoisotopic (exact) mass is 666 g/mol. The van der Waals surface area contributed by atoms with Gasteiger partial charge in [0.2, 0.25) is 5.95 Å². The van der Waals surface area contributed by atoms with E-state index >= 15 is 0 Å². The Morgan fingerprint density at radius 3 is 2.20 bits per heavy atom. The van der Waals surface area contributed by atoms with Gasteiger partial charge in [-0.3, -0.25) is 28.0 Å². The second-order valence-electron chi connectivity index (χ2n) is 10.7. The molecule has 10 atom stereocenters. The lowest BCUT2D eigenvalue weighted by atomic mass is 10.1. The highest BCUT2D eigenvalue weighted by Gasteiger charge is 2.52. The fourth-order valence-corrected chi connectivity index (χ4v) is 7.84. The Hall–Kier alpha value is -3.23. The minimum Gasteiger partial charge on any atom is -0.387 e. The number of nitrogen functional groups attached to an aromatic ring is 2. The first-order valence-corrected chi connectivity index (χ1v) is 17.4. The zero-order valence-electron chi connectivity index (χ0n) is 23.5. The Labute approximate surface area is 253 Å². The molecule has 7 heterocycles. The van der Waals surface area contributed by atoms with E-state index in [1.54, 1.807) is 0 Å². The molecule has 21 nitrogen and oxygen atoms in total. The maximum Gasteiger partial charge on any atom is 0.280 e. The van der Waals surface area contributed by atoms with Crippen LogP contribution < -0.4 is 17.0 Å². The number of nitrogens with two attached hydrogens (primary N) is 2. The molecule has 0 aliphatic carbocycles. The number of rotatable bonds is 2. The van der Waals surface area contributed by atoms with Gasteiger partial charge in [-0.05, 0) is 0 Å². The zero-order valence-corrected chi connectivity index (χ0v) is 25.3. The predicted octanol–water partition coefficient (Wildman–Crippen LogP) is -3.06. The average Bonchev–Trinajstić information content (AvgIpc) is 3.72. The van der Waals surface area contributed by atoms with Gasteiger partial charge in [0, 0.05) is 0 Å². The standard InChI is InChI=1S/C20H26B2N10O11P2/c21-44(36)38-1-6-10(33)13(19(40-6)32-5-28-9-16(32)29-20(24)30-17(9)35)43-45(22,37)39-2-7-12(42-44)11(34)18(41-7)31-4-27-8-14(23)25-3-26-15(8)31/h3-7,10-13,18-19,33-34H,1-2,21-22H2,(H2,23,25,26)(H3,24,29,30,35)/t6-,7-,10?,11+,12?,13+,18-,19-,44?,45?/m1/s1. The van der Waals surface area contributed by atoms with Crippen molar-refractivity contribution in [1.29, 1.82) is 0 Å². The highest BCUT2D eigenvalue weighted by Crippen LogP contribution is 2.53. The summed E-state index contributed by atoms with van der Waals surface area (Å²) in [7, 11) is -5.72. The van der Waals surface area contributed by atoms with Crippen LogP contribution in [0.25, 0.3) is 22.3 Å². The maximum absolute atomic E-state index is 13.7. The van der Waals surface area contributed by atoms with E-state index in [1.807, 2.05) is 0 Å². The first kappa shape index (κ1) is 30.4. The Balaban J connectivity index is 1.21. The second-order valence-corrected chi connectivity index (χ2v) is 14.8. The van der Waals surface area contributed by atoms with E-state index in [0.29, 0.717) is 0 Å². The van der Waals surface area contributed by atoms with Gasteiger partial charge in [0.1, 0.15) is 48.5 Å². The third kappa shape index (κ3) is 5.38. The summed E-state index contributed by atoms with van der Waals surface area (Å²) in [6, 6.07) is 0. The van der Waals surface area contributed by atoms with Gasteiger partial charge in [0.05, 0.1) is 25.9 Å². The van der Waals surface area contributed by atoms with Gasteiger partial charge in [-0.25, -0.2) is 19.9 Å². The summed E-state index contributed by atoms with van der Waals surface area (Å²) in [5.41, 5.74) is 11.4. The molecule has 45 heavy (non-hydrogen) atoms. The molecule has 3 fully saturated rings. The highest BCUT2D eigenvalue weighted by atomic mass is 31.2. The average molecular weight is 666 g/mol. The SMILES string of the molecule is BP1(=O)OC[C@H]2O[C@@H](n3cnc4c(=O)[nH]c(N)nc43)[C@@H](OP(B)(=O)OC[C@H]3O[C@@H](n4cnc5c(N)ncnc54)[C@@H](O)C3O1)C2O. The van der Waals surface area contributed by atoms with Crippen LogP contribution in [0.3, 0.4) is 0 Å². The Kier molecular flexibility index (Phi) is 7.40. The summed E-state index contributed by atoms with van der Waals surface area (Å²) in [6.45, 7) is -0.960. The lowest BCUT2D eigenvalue weighted by Gasteiger charge is -2.27. The molecule has 3 aliphatic rings. The number of hydrogen-bond donors (Lipinski definition) is 5. The maximum atomic E-state index is 13.7. The normalized spacial score (nSPS) is 37.6. The van der Waals surface area contributed by atoms with Crippen LogP contribution in [0.15, 0.2) is 23.8 Å². The fraction of sp³-hybridized carbons (Fsp3) is 0.500. The molecule has 238 valence electrons. The molecule has 25 heteroatoms. The van der Waals surface area contributed by atoms with Crippen LogP contribution in [0.1, 0.15) is 12.5 Å². The van der Waals surface area contributed by atoms with Gasteiger partial charge in [-0.1, -0.05) is 0 Å². The van der Waals surface area contributed by atoms with E-state index in [-0.39, 0.29) is 34.1 Å². The number of nitrogens with one attached hydrogen (secondary N) is 1. The Bertz CT molecular complexity index is 1940. The van der Waals surface area contributed by atoms with Crippen molar-refractivity contribution < 1.29 is 46.9 Å². The molecule has 2 bridgehead atoms. The Morgan fingerprint density at radius 2 is 1.47 bits per heavy atom. The fourth-order valence-electron chi connectivity index (χ4n) is 5.51. The van der Waals surface area contributed by atoms with Crippen LogP contribution in [-0.2, 0) is 36.7 Å². The molecule has 3 aliphatic heterocycles. The molecule has 4 unspecified atom stereocenters.